The second-order valence-corrected chi connectivity index (χ2v) is 19.5. The van der Waals surface area contributed by atoms with Crippen molar-refractivity contribution in [3.8, 4) is 17.3 Å². The second kappa shape index (κ2) is 12.6. The van der Waals surface area contributed by atoms with Crippen LogP contribution in [0.4, 0.5) is 17.3 Å². The number of aromatic nitrogens is 3. The van der Waals surface area contributed by atoms with Gasteiger partial charge >= 0.3 is 0 Å². The number of ether oxygens (including phenoxy) is 1. The Labute approximate surface area is 278 Å². The molecule has 0 radical (unpaired) electrons. The summed E-state index contributed by atoms with van der Waals surface area (Å²) >= 11 is 6.62. The van der Waals surface area contributed by atoms with Gasteiger partial charge in [-0.25, -0.2) is 9.97 Å². The first-order chi connectivity index (χ1) is 21.9. The predicted octanol–water partition coefficient (Wildman–Crippen LogP) is 7.40. The Hall–Kier alpha value is -3.46. The van der Waals surface area contributed by atoms with E-state index in [1.54, 1.807) is 6.20 Å². The summed E-state index contributed by atoms with van der Waals surface area (Å²) in [6, 6.07) is 14.4. The van der Waals surface area contributed by atoms with Crippen LogP contribution in [-0.4, -0.2) is 73.8 Å². The van der Waals surface area contributed by atoms with Crippen molar-refractivity contribution in [1.82, 2.24) is 19.4 Å². The van der Waals surface area contributed by atoms with Crippen molar-refractivity contribution in [2.24, 2.45) is 0 Å². The molecule has 1 saturated heterocycles. The average molecular weight is 658 g/mol. The zero-order valence-electron chi connectivity index (χ0n) is 27.7. The van der Waals surface area contributed by atoms with Crippen molar-refractivity contribution < 1.29 is 9.16 Å². The maximum absolute atomic E-state index is 10.1. The molecule has 242 valence electrons. The molecule has 0 bridgehead atoms. The first-order valence-corrected chi connectivity index (χ1v) is 19.3. The van der Waals surface area contributed by atoms with Crippen molar-refractivity contribution in [1.29, 1.82) is 5.26 Å². The van der Waals surface area contributed by atoms with Crippen molar-refractivity contribution >= 4 is 48.1 Å². The molecule has 0 aliphatic carbocycles. The van der Waals surface area contributed by atoms with Crippen molar-refractivity contribution in [2.45, 2.75) is 57.8 Å². The number of fused-ring (bicyclic) bond motifs is 2. The van der Waals surface area contributed by atoms with Gasteiger partial charge in [-0.05, 0) is 60.1 Å². The van der Waals surface area contributed by atoms with Crippen LogP contribution in [0.5, 0.6) is 0 Å². The quantitative estimate of drug-likeness (QED) is 0.180. The fourth-order valence-electron chi connectivity index (χ4n) is 5.94. The summed E-state index contributed by atoms with van der Waals surface area (Å²) in [7, 11) is -1.96. The van der Waals surface area contributed by atoms with Gasteiger partial charge in [0.05, 0.1) is 41.4 Å². The van der Waals surface area contributed by atoms with Gasteiger partial charge in [-0.2, -0.15) is 5.26 Å². The number of halogens is 1. The zero-order chi connectivity index (χ0) is 32.7. The fourth-order valence-corrected chi connectivity index (χ4v) is 7.27. The summed E-state index contributed by atoms with van der Waals surface area (Å²) in [4.78, 5) is 11.9. The van der Waals surface area contributed by atoms with Gasteiger partial charge in [-0.15, -0.1) is 0 Å². The van der Waals surface area contributed by atoms with E-state index in [0.29, 0.717) is 29.7 Å². The van der Waals surface area contributed by atoms with E-state index >= 15 is 0 Å². The molecule has 46 heavy (non-hydrogen) atoms. The van der Waals surface area contributed by atoms with E-state index < -0.39 is 8.32 Å². The molecule has 6 rings (SSSR count). The van der Waals surface area contributed by atoms with Gasteiger partial charge in [-0.3, -0.25) is 4.90 Å². The molecule has 0 spiro atoms. The number of benzene rings is 2. The number of hydrogen-bond donors (Lipinski definition) is 2. The third-order valence-corrected chi connectivity index (χ3v) is 14.6. The average Bonchev–Trinajstić information content (AvgIpc) is 3.59. The van der Waals surface area contributed by atoms with Gasteiger partial charge in [0.25, 0.3) is 0 Å². The minimum absolute atomic E-state index is 0.113. The Morgan fingerprint density at radius 1 is 1.15 bits per heavy atom. The number of morpholine rings is 1. The van der Waals surface area contributed by atoms with E-state index in [9.17, 15) is 5.26 Å². The van der Waals surface area contributed by atoms with E-state index in [1.165, 1.54) is 0 Å². The number of rotatable bonds is 9. The standard InChI is InChI=1S/C35H44ClN7O2Si/c1-34(2,3)46(5,6)45-23-35(4)22-39-32-25(21-37)17-24(18-28(32)35)29-7-9-38-33(40-29)41-30-19-26(36)20-31-27(30)8-10-43(31)12-11-42-13-15-44-16-14-42/h7-10,17-20,39H,11-16,22-23H2,1-6H3,(H,38,40,41). The lowest BCUT2D eigenvalue weighted by Gasteiger charge is -2.39. The van der Waals surface area contributed by atoms with E-state index in [0.717, 1.165) is 78.5 Å². The molecule has 0 amide bonds. The molecule has 9 nitrogen and oxygen atoms in total. The molecule has 11 heteroatoms. The molecule has 1 atom stereocenters. The fraction of sp³-hybridized carbons (Fsp3) is 0.457. The maximum atomic E-state index is 10.1. The van der Waals surface area contributed by atoms with Gasteiger partial charge in [0.2, 0.25) is 5.95 Å². The molecule has 2 aromatic heterocycles. The molecule has 4 aromatic rings. The van der Waals surface area contributed by atoms with Gasteiger partial charge in [0, 0.05) is 73.1 Å². The molecule has 2 aliphatic heterocycles. The third-order valence-electron chi connectivity index (χ3n) is 9.93. The third kappa shape index (κ3) is 6.53. The smallest absolute Gasteiger partial charge is 0.227 e. The van der Waals surface area contributed by atoms with Crippen LogP contribution in [-0.2, 0) is 21.1 Å². The minimum atomic E-state index is -1.96. The number of nitriles is 1. The SMILES string of the molecule is CC1(CO[Si](C)(C)C(C)(C)C)CNc2c(C#N)cc(-c3ccnc(Nc4cc(Cl)cc5c4ccn5CCN4CCOCC4)n3)cc21. The van der Waals surface area contributed by atoms with Crippen LogP contribution in [0.25, 0.3) is 22.2 Å². The van der Waals surface area contributed by atoms with Gasteiger partial charge in [-0.1, -0.05) is 39.3 Å². The Kier molecular flexibility index (Phi) is 8.91. The Morgan fingerprint density at radius 3 is 2.67 bits per heavy atom. The lowest BCUT2D eigenvalue weighted by atomic mass is 9.83. The maximum Gasteiger partial charge on any atom is 0.227 e. The highest BCUT2D eigenvalue weighted by Crippen LogP contribution is 2.44. The van der Waals surface area contributed by atoms with Crippen molar-refractivity contribution in [2.75, 3.05) is 56.6 Å². The summed E-state index contributed by atoms with van der Waals surface area (Å²) in [6.45, 7) is 20.2. The van der Waals surface area contributed by atoms with Crippen LogP contribution in [0, 0.1) is 11.3 Å². The predicted molar refractivity (Wildman–Crippen MR) is 189 cm³/mol. The minimum Gasteiger partial charge on any atom is -0.416 e. The van der Waals surface area contributed by atoms with Crippen molar-refractivity contribution in [3.05, 3.63) is 64.9 Å². The molecule has 4 heterocycles. The topological polar surface area (TPSA) is 100 Å². The van der Waals surface area contributed by atoms with Crippen LogP contribution in [0.3, 0.4) is 0 Å². The molecule has 0 saturated carbocycles. The van der Waals surface area contributed by atoms with E-state index in [1.807, 2.05) is 24.3 Å². The first-order valence-electron chi connectivity index (χ1n) is 16.0. The number of anilines is 3. The number of nitrogens with one attached hydrogen (secondary N) is 2. The van der Waals surface area contributed by atoms with Gasteiger partial charge < -0.3 is 24.4 Å². The normalized spacial score (nSPS) is 18.7. The molecule has 1 unspecified atom stereocenters. The number of nitrogens with zero attached hydrogens (tertiary/aromatic N) is 5. The largest absolute Gasteiger partial charge is 0.416 e. The Morgan fingerprint density at radius 2 is 1.93 bits per heavy atom. The summed E-state index contributed by atoms with van der Waals surface area (Å²) in [5.74, 6) is 0.461. The number of hydrogen-bond acceptors (Lipinski definition) is 8. The van der Waals surface area contributed by atoms with E-state index in [2.05, 4.69) is 90.3 Å². The highest BCUT2D eigenvalue weighted by atomic mass is 35.5. The summed E-state index contributed by atoms with van der Waals surface area (Å²) in [5, 5.41) is 18.9. The second-order valence-electron chi connectivity index (χ2n) is 14.3. The van der Waals surface area contributed by atoms with E-state index in [-0.39, 0.29) is 10.5 Å². The lowest BCUT2D eigenvalue weighted by molar-refractivity contribution is 0.0365. The summed E-state index contributed by atoms with van der Waals surface area (Å²) in [6.07, 6.45) is 3.86. The molecule has 2 aromatic carbocycles. The van der Waals surface area contributed by atoms with Gasteiger partial charge in [0.15, 0.2) is 8.32 Å². The molecular weight excluding hydrogens is 614 g/mol. The summed E-state index contributed by atoms with van der Waals surface area (Å²) in [5.41, 5.74) is 5.81. The van der Waals surface area contributed by atoms with Crippen LogP contribution in [0.2, 0.25) is 23.2 Å². The van der Waals surface area contributed by atoms with Crippen LogP contribution >= 0.6 is 11.6 Å². The molecule has 1 fully saturated rings. The molecule has 2 aliphatic rings. The summed E-state index contributed by atoms with van der Waals surface area (Å²) < 4.78 is 14.4. The Bertz CT molecular complexity index is 1790. The van der Waals surface area contributed by atoms with Crippen LogP contribution < -0.4 is 10.6 Å². The first kappa shape index (κ1) is 32.5. The highest BCUT2D eigenvalue weighted by molar-refractivity contribution is 6.74. The van der Waals surface area contributed by atoms with E-state index in [4.69, 9.17) is 25.7 Å². The highest BCUT2D eigenvalue weighted by Gasteiger charge is 2.42. The zero-order valence-corrected chi connectivity index (χ0v) is 29.5. The lowest BCUT2D eigenvalue weighted by Crippen LogP contribution is -2.45. The van der Waals surface area contributed by atoms with Crippen molar-refractivity contribution in [3.63, 3.8) is 0 Å². The monoisotopic (exact) mass is 657 g/mol. The van der Waals surface area contributed by atoms with Gasteiger partial charge in [0.1, 0.15) is 6.07 Å². The molecule has 2 N–H and O–H groups in total. The molecular formula is C35H44ClN7O2Si. The van der Waals surface area contributed by atoms with Crippen LogP contribution in [0.15, 0.2) is 48.8 Å². The van der Waals surface area contributed by atoms with Crippen LogP contribution in [0.1, 0.15) is 38.8 Å². The Balaban J connectivity index is 1.26.